The number of hydrogen-bond acceptors (Lipinski definition) is 3. The van der Waals surface area contributed by atoms with E-state index in [1.54, 1.807) is 13.8 Å². The minimum Gasteiger partial charge on any atom is -0.543 e. The lowest BCUT2D eigenvalue weighted by atomic mass is 9.70. The maximum Gasteiger partial charge on any atom is 0.250 e. The van der Waals surface area contributed by atoms with E-state index < -0.39 is 13.9 Å². The summed E-state index contributed by atoms with van der Waals surface area (Å²) in [5.41, 5.74) is 5.01. The summed E-state index contributed by atoms with van der Waals surface area (Å²) >= 11 is 0. The highest BCUT2D eigenvalue weighted by molar-refractivity contribution is 6.74. The molecule has 4 heteroatoms. The molecule has 0 aliphatic rings. The molecular formula is C32H46O3Si. The van der Waals surface area contributed by atoms with Crippen molar-refractivity contribution in [1.29, 1.82) is 0 Å². The van der Waals surface area contributed by atoms with Gasteiger partial charge in [-0.3, -0.25) is 0 Å². The molecule has 3 aromatic rings. The summed E-state index contributed by atoms with van der Waals surface area (Å²) in [6, 6.07) is 17.3. The number of rotatable bonds is 8. The number of benzene rings is 2. The van der Waals surface area contributed by atoms with Crippen LogP contribution in [0, 0.1) is 13.8 Å². The lowest BCUT2D eigenvalue weighted by Crippen LogP contribution is -2.44. The molecule has 0 amide bonds. The maximum atomic E-state index is 10.3. The number of aryl methyl sites for hydroxylation is 2. The van der Waals surface area contributed by atoms with Crippen LogP contribution in [0.25, 0.3) is 11.3 Å². The van der Waals surface area contributed by atoms with Crippen LogP contribution in [0.2, 0.25) is 18.1 Å². The predicted octanol–water partition coefficient (Wildman–Crippen LogP) is 9.28. The van der Waals surface area contributed by atoms with Gasteiger partial charge in [0, 0.05) is 11.0 Å². The molecule has 36 heavy (non-hydrogen) atoms. The Balaban J connectivity index is 2.00. The van der Waals surface area contributed by atoms with Crippen LogP contribution in [0.1, 0.15) is 89.3 Å². The van der Waals surface area contributed by atoms with Gasteiger partial charge < -0.3 is 13.9 Å². The first-order chi connectivity index (χ1) is 16.6. The maximum absolute atomic E-state index is 10.3. The van der Waals surface area contributed by atoms with E-state index >= 15 is 0 Å². The normalized spacial score (nSPS) is 13.2. The summed E-state index contributed by atoms with van der Waals surface area (Å²) in [6.45, 7) is 23.8. The van der Waals surface area contributed by atoms with Crippen LogP contribution in [0.4, 0.5) is 0 Å². The average Bonchev–Trinajstić information content (AvgIpc) is 3.27. The van der Waals surface area contributed by atoms with E-state index in [1.165, 1.54) is 22.3 Å². The molecular weight excluding hydrogens is 460 g/mol. The predicted molar refractivity (Wildman–Crippen MR) is 154 cm³/mol. The molecule has 0 radical (unpaired) electrons. The van der Waals surface area contributed by atoms with Gasteiger partial charge in [0.2, 0.25) is 8.32 Å². The smallest absolute Gasteiger partial charge is 0.250 e. The largest absolute Gasteiger partial charge is 0.543 e. The Morgan fingerprint density at radius 1 is 0.806 bits per heavy atom. The molecule has 0 fully saturated rings. The summed E-state index contributed by atoms with van der Waals surface area (Å²) in [4.78, 5) is 0. The van der Waals surface area contributed by atoms with Crippen LogP contribution in [0.15, 0.2) is 52.9 Å². The van der Waals surface area contributed by atoms with Crippen molar-refractivity contribution in [1.82, 2.24) is 0 Å². The zero-order valence-corrected chi connectivity index (χ0v) is 25.3. The fourth-order valence-corrected chi connectivity index (χ4v) is 5.86. The highest BCUT2D eigenvalue weighted by Gasteiger charge is 2.39. The highest BCUT2D eigenvalue weighted by Crippen LogP contribution is 2.43. The van der Waals surface area contributed by atoms with E-state index in [0.717, 1.165) is 29.9 Å². The fraction of sp³-hybridized carbons (Fsp3) is 0.500. The second-order valence-electron chi connectivity index (χ2n) is 12.4. The summed E-state index contributed by atoms with van der Waals surface area (Å²) in [5.74, 6) is 2.38. The lowest BCUT2D eigenvalue weighted by Gasteiger charge is -2.38. The zero-order chi connectivity index (χ0) is 27.1. The summed E-state index contributed by atoms with van der Waals surface area (Å²) in [6.07, 6.45) is 2.02. The van der Waals surface area contributed by atoms with Crippen molar-refractivity contribution in [2.45, 2.75) is 104 Å². The standard InChI is InChI=1S/C32H46O3Si/c1-12-32(13-2,25-15-17-27(23(4)21-25)35-36(10,11)30(5,6)7)24-14-16-26(22(3)20-24)28-18-19-29(34-28)31(8,9)33/h14-21,33H,12-13H2,1-11H3. The molecule has 0 unspecified atom stereocenters. The Labute approximate surface area is 220 Å². The van der Waals surface area contributed by atoms with Crippen LogP contribution >= 0.6 is 0 Å². The van der Waals surface area contributed by atoms with Crippen LogP contribution < -0.4 is 4.43 Å². The van der Waals surface area contributed by atoms with Gasteiger partial charge in [-0.25, -0.2) is 0 Å². The first-order valence-corrected chi connectivity index (χ1v) is 16.2. The highest BCUT2D eigenvalue weighted by atomic mass is 28.4. The third kappa shape index (κ3) is 5.35. The number of hydrogen-bond donors (Lipinski definition) is 1. The van der Waals surface area contributed by atoms with Crippen LogP contribution in [-0.2, 0) is 11.0 Å². The second-order valence-corrected chi connectivity index (χ2v) is 17.1. The molecule has 0 bridgehead atoms. The molecule has 1 heterocycles. The van der Waals surface area contributed by atoms with E-state index in [0.29, 0.717) is 5.76 Å². The van der Waals surface area contributed by atoms with Gasteiger partial charge >= 0.3 is 0 Å². The van der Waals surface area contributed by atoms with Gasteiger partial charge in [0.1, 0.15) is 22.9 Å². The third-order valence-corrected chi connectivity index (χ3v) is 12.7. The van der Waals surface area contributed by atoms with E-state index in [2.05, 4.69) is 98.0 Å². The monoisotopic (exact) mass is 506 g/mol. The van der Waals surface area contributed by atoms with Crippen molar-refractivity contribution in [2.24, 2.45) is 0 Å². The van der Waals surface area contributed by atoms with Gasteiger partial charge in [-0.1, -0.05) is 65.0 Å². The molecule has 0 spiro atoms. The van der Waals surface area contributed by atoms with Crippen molar-refractivity contribution in [3.05, 3.63) is 76.5 Å². The second kappa shape index (κ2) is 9.87. The summed E-state index contributed by atoms with van der Waals surface area (Å²) in [7, 11) is -1.90. The molecule has 0 atom stereocenters. The molecule has 2 aromatic carbocycles. The Hall–Kier alpha value is -2.30. The van der Waals surface area contributed by atoms with E-state index in [4.69, 9.17) is 8.84 Å². The molecule has 0 saturated carbocycles. The van der Waals surface area contributed by atoms with Crippen molar-refractivity contribution in [2.75, 3.05) is 0 Å². The minimum atomic E-state index is -1.90. The van der Waals surface area contributed by atoms with Crippen molar-refractivity contribution in [3.63, 3.8) is 0 Å². The molecule has 196 valence electrons. The fourth-order valence-electron chi connectivity index (χ4n) is 4.77. The molecule has 1 N–H and O–H groups in total. The van der Waals surface area contributed by atoms with Gasteiger partial charge in [0.15, 0.2) is 0 Å². The Morgan fingerprint density at radius 2 is 1.36 bits per heavy atom. The first-order valence-electron chi connectivity index (χ1n) is 13.3. The Morgan fingerprint density at radius 3 is 1.81 bits per heavy atom. The van der Waals surface area contributed by atoms with Crippen LogP contribution in [-0.4, -0.2) is 13.4 Å². The van der Waals surface area contributed by atoms with Crippen molar-refractivity contribution >= 4 is 8.32 Å². The summed E-state index contributed by atoms with van der Waals surface area (Å²) < 4.78 is 12.7. The van der Waals surface area contributed by atoms with Gasteiger partial charge in [-0.15, -0.1) is 0 Å². The van der Waals surface area contributed by atoms with Gasteiger partial charge in [0.25, 0.3) is 0 Å². The van der Waals surface area contributed by atoms with Crippen molar-refractivity contribution in [3.8, 4) is 17.1 Å². The third-order valence-electron chi connectivity index (χ3n) is 8.36. The van der Waals surface area contributed by atoms with Gasteiger partial charge in [0.05, 0.1) is 0 Å². The zero-order valence-electron chi connectivity index (χ0n) is 24.3. The summed E-state index contributed by atoms with van der Waals surface area (Å²) in [5, 5.41) is 10.5. The van der Waals surface area contributed by atoms with Crippen molar-refractivity contribution < 1.29 is 13.9 Å². The quantitative estimate of drug-likeness (QED) is 0.309. The lowest BCUT2D eigenvalue weighted by molar-refractivity contribution is 0.0548. The molecule has 0 saturated heterocycles. The minimum absolute atomic E-state index is 0.0784. The topological polar surface area (TPSA) is 42.6 Å². The molecule has 3 nitrogen and oxygen atoms in total. The molecule has 3 rings (SSSR count). The van der Waals surface area contributed by atoms with Crippen LogP contribution in [0.5, 0.6) is 5.75 Å². The first kappa shape index (κ1) is 28.3. The van der Waals surface area contributed by atoms with E-state index in [1.807, 2.05) is 12.1 Å². The van der Waals surface area contributed by atoms with E-state index in [9.17, 15) is 5.11 Å². The molecule has 1 aromatic heterocycles. The Kier molecular flexibility index (Phi) is 7.75. The van der Waals surface area contributed by atoms with Gasteiger partial charge in [-0.05, 0) is 99.1 Å². The van der Waals surface area contributed by atoms with Crippen LogP contribution in [0.3, 0.4) is 0 Å². The SMILES string of the molecule is CCC(CC)(c1ccc(O[Si](C)(C)C(C)(C)C)c(C)c1)c1ccc(-c2ccc(C(C)(C)O)o2)c(C)c1. The molecule has 0 aliphatic heterocycles. The number of aliphatic hydroxyl groups is 1. The number of furan rings is 1. The van der Waals surface area contributed by atoms with E-state index in [-0.39, 0.29) is 10.5 Å². The average molecular weight is 507 g/mol. The van der Waals surface area contributed by atoms with Gasteiger partial charge in [-0.2, -0.15) is 0 Å². The Bertz CT molecular complexity index is 1200. The molecule has 0 aliphatic carbocycles.